The van der Waals surface area contributed by atoms with Gasteiger partial charge in [0.2, 0.25) is 5.91 Å². The van der Waals surface area contributed by atoms with Crippen LogP contribution in [0.2, 0.25) is 0 Å². The molecule has 6 unspecified atom stereocenters. The summed E-state index contributed by atoms with van der Waals surface area (Å²) in [5.41, 5.74) is 0. The van der Waals surface area contributed by atoms with E-state index in [4.69, 9.17) is 5.11 Å². The normalized spacial score (nSPS) is 24.3. The standard InChI is InChI=1S/C11H22N2O.C9H19N.C7H12O2.3C5H10.6CH3.3Fe/c1-9-4-5-10(8-9)11(14)12-6-7-13(2)3;1-8-4-5-9(6-8)7-10(2)3;1-5-2-3-6(4-5)7(8)9;3*1-2-4-5-3-1;;;;;;;;;/h9-10H,4-8H2,1-3H3,(H,12,14);8-9H,4-7H2,1-3H3;5-6H,2-4H2,1H3,(H,8,9);3*1-5H2;6*1H3;;;/q;;;;;;6*-1;3*+2. The van der Waals surface area contributed by atoms with E-state index >= 15 is 0 Å². The van der Waals surface area contributed by atoms with Crippen LogP contribution in [0.5, 0.6) is 0 Å². The second-order valence-electron chi connectivity index (χ2n) is 17.0. The molecule has 6 aliphatic rings. The summed E-state index contributed by atoms with van der Waals surface area (Å²) >= 11 is 0. The van der Waals surface area contributed by atoms with E-state index in [-0.39, 0.29) is 114 Å². The van der Waals surface area contributed by atoms with Crippen molar-refractivity contribution in [3.8, 4) is 0 Å². The summed E-state index contributed by atoms with van der Waals surface area (Å²) in [5, 5.41) is 11.5. The van der Waals surface area contributed by atoms with Crippen molar-refractivity contribution < 1.29 is 65.9 Å². The smallest absolute Gasteiger partial charge is 0.481 e. The molecule has 350 valence electrons. The summed E-state index contributed by atoms with van der Waals surface area (Å²) in [6.07, 6.45) is 33.1. The Kier molecular flexibility index (Phi) is 69.4. The Hall–Kier alpha value is 0.418. The molecule has 0 aromatic rings. The zero-order chi connectivity index (χ0) is 35.6. The zero-order valence-electron chi connectivity index (χ0n) is 40.3. The number of nitrogens with zero attached hydrogens (tertiary/aromatic N) is 2. The Labute approximate surface area is 393 Å². The fraction of sp³-hybridized carbons (Fsp3) is 0.833. The molecule has 6 saturated carbocycles. The van der Waals surface area contributed by atoms with Gasteiger partial charge in [-0.25, -0.2) is 0 Å². The van der Waals surface area contributed by atoms with Crippen LogP contribution < -0.4 is 5.32 Å². The third-order valence-corrected chi connectivity index (χ3v) is 11.1. The Balaban J connectivity index is -0.0000000696. The molecule has 9 heteroatoms. The van der Waals surface area contributed by atoms with Gasteiger partial charge in [0.15, 0.2) is 0 Å². The first-order valence-electron chi connectivity index (χ1n) is 20.8. The molecule has 6 fully saturated rings. The number of likely N-dealkylation sites (N-methyl/N-ethyl adjacent to an activating group) is 1. The van der Waals surface area contributed by atoms with Crippen molar-refractivity contribution in [1.82, 2.24) is 15.1 Å². The van der Waals surface area contributed by atoms with Crippen LogP contribution in [-0.2, 0) is 60.8 Å². The summed E-state index contributed by atoms with van der Waals surface area (Å²) < 4.78 is 0. The molecule has 0 aromatic carbocycles. The molecule has 0 bridgehead atoms. The van der Waals surface area contributed by atoms with Crippen molar-refractivity contribution >= 4 is 11.9 Å². The van der Waals surface area contributed by atoms with Gasteiger partial charge in [-0.05, 0) is 103 Å². The number of carbonyl (C=O) groups is 2. The first-order chi connectivity index (χ1) is 23.0. The van der Waals surface area contributed by atoms with Gasteiger partial charge in [0.25, 0.3) is 0 Å². The molecule has 1 amide bonds. The van der Waals surface area contributed by atoms with Gasteiger partial charge in [0.1, 0.15) is 0 Å². The average molecular weight is 936 g/mol. The maximum absolute atomic E-state index is 11.6. The van der Waals surface area contributed by atoms with Crippen LogP contribution in [0.1, 0.15) is 175 Å². The van der Waals surface area contributed by atoms with E-state index in [0.717, 1.165) is 62.9 Å². The topological polar surface area (TPSA) is 72.9 Å². The number of hydrogen-bond acceptors (Lipinski definition) is 4. The minimum absolute atomic E-state index is 0. The van der Waals surface area contributed by atoms with E-state index in [0.29, 0.717) is 5.92 Å². The second-order valence-corrected chi connectivity index (χ2v) is 17.0. The van der Waals surface area contributed by atoms with Crippen molar-refractivity contribution in [2.45, 2.75) is 175 Å². The fourth-order valence-electron chi connectivity index (χ4n) is 8.08. The maximum atomic E-state index is 11.6. The number of hydrogen-bond donors (Lipinski definition) is 2. The number of nitrogens with one attached hydrogen (secondary N) is 1. The SMILES string of the molecule is C1CCCC1.C1CCCC1.C1CCCC1.CC1CCC(C(=O)NCCN(C)C)C1.CC1CCC(C(=O)O)C1.CC1CCC(CN(C)C)C1.[CH3-].[CH3-].[CH3-].[CH3-].[CH3-].[CH3-].[Fe+2].[Fe+2].[Fe+2]. The minimum Gasteiger partial charge on any atom is -0.481 e. The van der Waals surface area contributed by atoms with Gasteiger partial charge < -0.3 is 64.8 Å². The maximum Gasteiger partial charge on any atom is 2.00 e. The van der Waals surface area contributed by atoms with Crippen LogP contribution in [0.25, 0.3) is 0 Å². The molecule has 0 saturated heterocycles. The minimum atomic E-state index is -0.612. The number of amides is 1. The summed E-state index contributed by atoms with van der Waals surface area (Å²) in [6, 6.07) is 0. The van der Waals surface area contributed by atoms with Crippen molar-refractivity contribution in [2.75, 3.05) is 47.8 Å². The first kappa shape index (κ1) is 78.0. The van der Waals surface area contributed by atoms with Crippen LogP contribution >= 0.6 is 0 Å². The zero-order valence-corrected chi connectivity index (χ0v) is 43.6. The van der Waals surface area contributed by atoms with E-state index in [9.17, 15) is 9.59 Å². The van der Waals surface area contributed by atoms with E-state index in [1.807, 2.05) is 14.1 Å². The molecule has 57 heavy (non-hydrogen) atoms. The molecule has 6 atom stereocenters. The van der Waals surface area contributed by atoms with E-state index in [2.05, 4.69) is 50.0 Å². The summed E-state index contributed by atoms with van der Waals surface area (Å²) in [7, 11) is 8.37. The predicted molar refractivity (Wildman–Crippen MR) is 245 cm³/mol. The Morgan fingerprint density at radius 1 is 0.491 bits per heavy atom. The van der Waals surface area contributed by atoms with Gasteiger partial charge in [-0.2, -0.15) is 0 Å². The van der Waals surface area contributed by atoms with Crippen LogP contribution in [0.4, 0.5) is 0 Å². The number of carboxylic acids is 1. The van der Waals surface area contributed by atoms with E-state index in [1.54, 1.807) is 0 Å². The number of carboxylic acid groups (broad SMARTS) is 1. The molecule has 6 nitrogen and oxygen atoms in total. The predicted octanol–water partition coefficient (Wildman–Crippen LogP) is 13.1. The Morgan fingerprint density at radius 3 is 1.04 bits per heavy atom. The summed E-state index contributed by atoms with van der Waals surface area (Å²) in [6.45, 7) is 9.71. The molecular weight excluding hydrogens is 834 g/mol. The molecule has 0 spiro atoms. The number of carbonyl (C=O) groups excluding carboxylic acids is 1. The molecule has 0 aliphatic heterocycles. The molecule has 6 rings (SSSR count). The molecule has 0 heterocycles. The van der Waals surface area contributed by atoms with E-state index < -0.39 is 5.97 Å². The van der Waals surface area contributed by atoms with Gasteiger partial charge in [-0.15, -0.1) is 0 Å². The Bertz CT molecular complexity index is 748. The van der Waals surface area contributed by atoms with Crippen LogP contribution in [0.15, 0.2) is 0 Å². The quantitative estimate of drug-likeness (QED) is 0.197. The average Bonchev–Trinajstić information content (AvgIpc) is 3.88. The number of rotatable bonds is 7. The van der Waals surface area contributed by atoms with Gasteiger partial charge in [0.05, 0.1) is 5.92 Å². The molecule has 0 radical (unpaired) electrons. The fourth-order valence-corrected chi connectivity index (χ4v) is 8.08. The molecule has 0 aromatic heterocycles. The Morgan fingerprint density at radius 2 is 0.807 bits per heavy atom. The van der Waals surface area contributed by atoms with Gasteiger partial charge in [-0.1, -0.05) is 124 Å². The molecular formula is C48H101Fe3N3O3. The first-order valence-corrected chi connectivity index (χ1v) is 20.8. The largest absolute Gasteiger partial charge is 2.00 e. The van der Waals surface area contributed by atoms with Gasteiger partial charge >= 0.3 is 57.2 Å². The number of aliphatic carboxylic acids is 1. The molecule has 6 aliphatic carbocycles. The third kappa shape index (κ3) is 45.8. The van der Waals surface area contributed by atoms with Crippen LogP contribution in [0, 0.1) is 80.1 Å². The monoisotopic (exact) mass is 936 g/mol. The van der Waals surface area contributed by atoms with Crippen molar-refractivity contribution in [1.29, 1.82) is 0 Å². The van der Waals surface area contributed by atoms with Crippen LogP contribution in [0.3, 0.4) is 0 Å². The summed E-state index contributed by atoms with van der Waals surface area (Å²) in [5.74, 6) is 3.24. The van der Waals surface area contributed by atoms with Crippen molar-refractivity contribution in [2.24, 2.45) is 35.5 Å². The van der Waals surface area contributed by atoms with Crippen LogP contribution in [-0.4, -0.2) is 74.6 Å². The van der Waals surface area contributed by atoms with Gasteiger partial charge in [-0.3, -0.25) is 9.59 Å². The van der Waals surface area contributed by atoms with E-state index in [1.165, 1.54) is 129 Å². The molecule has 2 N–H and O–H groups in total. The summed E-state index contributed by atoms with van der Waals surface area (Å²) in [4.78, 5) is 26.4. The van der Waals surface area contributed by atoms with Gasteiger partial charge in [0, 0.05) is 25.6 Å². The third-order valence-electron chi connectivity index (χ3n) is 11.1. The second kappa shape index (κ2) is 50.8. The van der Waals surface area contributed by atoms with Crippen molar-refractivity contribution in [3.63, 3.8) is 0 Å². The van der Waals surface area contributed by atoms with Crippen molar-refractivity contribution in [3.05, 3.63) is 44.6 Å².